The predicted molar refractivity (Wildman–Crippen MR) is 89.5 cm³/mol. The summed E-state index contributed by atoms with van der Waals surface area (Å²) >= 11 is 0. The zero-order valence-electron chi connectivity index (χ0n) is 13.8. The Labute approximate surface area is 132 Å². The van der Waals surface area contributed by atoms with E-state index in [2.05, 4.69) is 34.4 Å². The van der Waals surface area contributed by atoms with Gasteiger partial charge in [-0.05, 0) is 44.4 Å². The third-order valence-electron chi connectivity index (χ3n) is 4.20. The van der Waals surface area contributed by atoms with Gasteiger partial charge in [-0.2, -0.15) is 0 Å². The van der Waals surface area contributed by atoms with E-state index in [4.69, 9.17) is 0 Å². The van der Waals surface area contributed by atoms with Gasteiger partial charge in [-0.15, -0.1) is 0 Å². The number of benzene rings is 1. The van der Waals surface area contributed by atoms with E-state index in [-0.39, 0.29) is 5.82 Å². The van der Waals surface area contributed by atoms with Crippen molar-refractivity contribution in [3.05, 3.63) is 35.6 Å². The molecule has 0 radical (unpaired) electrons. The van der Waals surface area contributed by atoms with Gasteiger partial charge < -0.3 is 15.5 Å². The Morgan fingerprint density at radius 1 is 1.27 bits per heavy atom. The van der Waals surface area contributed by atoms with E-state index in [1.165, 1.54) is 12.1 Å². The highest BCUT2D eigenvalue weighted by Gasteiger charge is 2.21. The molecule has 0 atom stereocenters. The first-order chi connectivity index (χ1) is 10.6. The monoisotopic (exact) mass is 306 g/mol. The fourth-order valence-electron chi connectivity index (χ4n) is 2.74. The summed E-state index contributed by atoms with van der Waals surface area (Å²) in [6.45, 7) is 7.40. The van der Waals surface area contributed by atoms with Gasteiger partial charge in [0.1, 0.15) is 5.82 Å². The van der Waals surface area contributed by atoms with Crippen molar-refractivity contribution >= 4 is 5.96 Å². The maximum absolute atomic E-state index is 12.9. The molecule has 0 unspecified atom stereocenters. The molecule has 0 bridgehead atoms. The van der Waals surface area contributed by atoms with Gasteiger partial charge in [0, 0.05) is 38.8 Å². The molecule has 0 amide bonds. The first kappa shape index (κ1) is 16.7. The Morgan fingerprint density at radius 3 is 2.45 bits per heavy atom. The lowest BCUT2D eigenvalue weighted by Crippen LogP contribution is -2.49. The Hall–Kier alpha value is -1.62. The van der Waals surface area contributed by atoms with Gasteiger partial charge in [0.15, 0.2) is 5.96 Å². The Balaban J connectivity index is 1.77. The average Bonchev–Trinajstić information content (AvgIpc) is 2.53. The number of likely N-dealkylation sites (tertiary alicyclic amines) is 1. The average molecular weight is 306 g/mol. The van der Waals surface area contributed by atoms with Gasteiger partial charge in [0.2, 0.25) is 0 Å². The van der Waals surface area contributed by atoms with Crippen molar-refractivity contribution < 1.29 is 4.39 Å². The van der Waals surface area contributed by atoms with Crippen LogP contribution in [0.1, 0.15) is 32.3 Å². The van der Waals surface area contributed by atoms with Gasteiger partial charge in [-0.1, -0.05) is 12.1 Å². The number of halogens is 1. The molecule has 2 rings (SSSR count). The quantitative estimate of drug-likeness (QED) is 0.663. The zero-order valence-corrected chi connectivity index (χ0v) is 13.8. The van der Waals surface area contributed by atoms with Crippen molar-refractivity contribution in [2.24, 2.45) is 4.99 Å². The molecule has 2 N–H and O–H groups in total. The number of nitrogens with zero attached hydrogens (tertiary/aromatic N) is 2. The molecule has 1 saturated heterocycles. The number of guanidine groups is 1. The van der Waals surface area contributed by atoms with Crippen LogP contribution in [0.4, 0.5) is 4.39 Å². The summed E-state index contributed by atoms with van der Waals surface area (Å²) < 4.78 is 12.9. The summed E-state index contributed by atoms with van der Waals surface area (Å²) in [6, 6.07) is 7.63. The van der Waals surface area contributed by atoms with Crippen LogP contribution in [0.2, 0.25) is 0 Å². The second kappa shape index (κ2) is 8.13. The number of hydrogen-bond donors (Lipinski definition) is 2. The van der Waals surface area contributed by atoms with E-state index >= 15 is 0 Å². The highest BCUT2D eigenvalue weighted by atomic mass is 19.1. The van der Waals surface area contributed by atoms with Crippen LogP contribution in [-0.4, -0.2) is 43.1 Å². The molecule has 1 aromatic carbocycles. The summed E-state index contributed by atoms with van der Waals surface area (Å²) in [5.74, 6) is 0.607. The Bertz CT molecular complexity index is 476. The predicted octanol–water partition coefficient (Wildman–Crippen LogP) is 2.36. The lowest BCUT2D eigenvalue weighted by Gasteiger charge is -2.35. The standard InChI is InChI=1S/C17H27FN4/c1-13(2)22-10-8-16(9-11-22)21-17(19-3)20-12-14-4-6-15(18)7-5-14/h4-7,13,16H,8-12H2,1-3H3,(H2,19,20,21). The maximum atomic E-state index is 12.9. The molecule has 0 aromatic heterocycles. The molecule has 22 heavy (non-hydrogen) atoms. The van der Waals surface area contributed by atoms with Gasteiger partial charge >= 0.3 is 0 Å². The molecule has 0 saturated carbocycles. The highest BCUT2D eigenvalue weighted by molar-refractivity contribution is 5.79. The Morgan fingerprint density at radius 2 is 1.91 bits per heavy atom. The van der Waals surface area contributed by atoms with Crippen molar-refractivity contribution in [1.82, 2.24) is 15.5 Å². The first-order valence-corrected chi connectivity index (χ1v) is 8.04. The minimum atomic E-state index is -0.205. The van der Waals surface area contributed by atoms with Crippen LogP contribution in [0, 0.1) is 5.82 Å². The molecule has 1 aromatic rings. The first-order valence-electron chi connectivity index (χ1n) is 8.04. The van der Waals surface area contributed by atoms with Crippen LogP contribution < -0.4 is 10.6 Å². The van der Waals surface area contributed by atoms with E-state index in [1.807, 2.05) is 0 Å². The molecule has 4 nitrogen and oxygen atoms in total. The number of hydrogen-bond acceptors (Lipinski definition) is 2. The molecular formula is C17H27FN4. The minimum absolute atomic E-state index is 0.205. The topological polar surface area (TPSA) is 39.7 Å². The minimum Gasteiger partial charge on any atom is -0.354 e. The molecule has 1 aliphatic heterocycles. The lowest BCUT2D eigenvalue weighted by molar-refractivity contribution is 0.167. The molecule has 1 fully saturated rings. The van der Waals surface area contributed by atoms with Crippen molar-refractivity contribution in [1.29, 1.82) is 0 Å². The van der Waals surface area contributed by atoms with Gasteiger partial charge in [-0.3, -0.25) is 4.99 Å². The number of nitrogens with one attached hydrogen (secondary N) is 2. The summed E-state index contributed by atoms with van der Waals surface area (Å²) in [7, 11) is 1.78. The molecule has 1 heterocycles. The van der Waals surface area contributed by atoms with Crippen LogP contribution in [0.3, 0.4) is 0 Å². The van der Waals surface area contributed by atoms with E-state index in [0.29, 0.717) is 18.6 Å². The van der Waals surface area contributed by atoms with Gasteiger partial charge in [0.05, 0.1) is 0 Å². The van der Waals surface area contributed by atoms with E-state index < -0.39 is 0 Å². The zero-order chi connectivity index (χ0) is 15.9. The van der Waals surface area contributed by atoms with E-state index in [0.717, 1.165) is 37.5 Å². The normalized spacial score (nSPS) is 17.8. The van der Waals surface area contributed by atoms with Crippen molar-refractivity contribution in [3.8, 4) is 0 Å². The SMILES string of the molecule is CN=C(NCc1ccc(F)cc1)NC1CCN(C(C)C)CC1. The molecule has 122 valence electrons. The fourth-order valence-corrected chi connectivity index (χ4v) is 2.74. The Kier molecular flexibility index (Phi) is 6.19. The fraction of sp³-hybridized carbons (Fsp3) is 0.588. The van der Waals surface area contributed by atoms with Gasteiger partial charge in [0.25, 0.3) is 0 Å². The summed E-state index contributed by atoms with van der Waals surface area (Å²) in [5.41, 5.74) is 1.04. The smallest absolute Gasteiger partial charge is 0.191 e. The highest BCUT2D eigenvalue weighted by Crippen LogP contribution is 2.12. The van der Waals surface area contributed by atoms with Crippen LogP contribution in [0.25, 0.3) is 0 Å². The molecule has 0 spiro atoms. The van der Waals surface area contributed by atoms with Gasteiger partial charge in [-0.25, -0.2) is 4.39 Å². The number of aliphatic imine (C=N–C) groups is 1. The van der Waals surface area contributed by atoms with Crippen LogP contribution in [0.5, 0.6) is 0 Å². The van der Waals surface area contributed by atoms with Crippen molar-refractivity contribution in [2.45, 2.75) is 45.3 Å². The third-order valence-corrected chi connectivity index (χ3v) is 4.20. The van der Waals surface area contributed by atoms with E-state index in [9.17, 15) is 4.39 Å². The summed E-state index contributed by atoms with van der Waals surface area (Å²) in [6.07, 6.45) is 2.27. The van der Waals surface area contributed by atoms with Crippen molar-refractivity contribution in [3.63, 3.8) is 0 Å². The maximum Gasteiger partial charge on any atom is 0.191 e. The largest absolute Gasteiger partial charge is 0.354 e. The van der Waals surface area contributed by atoms with Crippen molar-refractivity contribution in [2.75, 3.05) is 20.1 Å². The second-order valence-corrected chi connectivity index (χ2v) is 6.10. The molecular weight excluding hydrogens is 279 g/mol. The van der Waals surface area contributed by atoms with E-state index in [1.54, 1.807) is 19.2 Å². The summed E-state index contributed by atoms with van der Waals surface area (Å²) in [4.78, 5) is 6.78. The van der Waals surface area contributed by atoms with Crippen LogP contribution in [0.15, 0.2) is 29.3 Å². The lowest BCUT2D eigenvalue weighted by atomic mass is 10.0. The number of rotatable bonds is 4. The second-order valence-electron chi connectivity index (χ2n) is 6.10. The molecule has 1 aliphatic rings. The third kappa shape index (κ3) is 4.98. The van der Waals surface area contributed by atoms with Crippen LogP contribution in [-0.2, 0) is 6.54 Å². The molecule has 0 aliphatic carbocycles. The van der Waals surface area contributed by atoms with Crippen LogP contribution >= 0.6 is 0 Å². The summed E-state index contributed by atoms with van der Waals surface area (Å²) in [5, 5.41) is 6.77. The molecule has 5 heteroatoms. The number of piperidine rings is 1.